The number of hydrogen-bond acceptors (Lipinski definition) is 11. The Balaban J connectivity index is 2.35. The van der Waals surface area contributed by atoms with Gasteiger partial charge in [0.1, 0.15) is 42.7 Å². The molecule has 0 aliphatic heterocycles. The van der Waals surface area contributed by atoms with Crippen LogP contribution in [0.3, 0.4) is 0 Å². The van der Waals surface area contributed by atoms with Crippen LogP contribution in [0.2, 0.25) is 0 Å². The fourth-order valence-electron chi connectivity index (χ4n) is 8.07. The number of rotatable bonds is 46. The Morgan fingerprint density at radius 1 is 0.478 bits per heavy atom. The zero-order chi connectivity index (χ0) is 50.5. The van der Waals surface area contributed by atoms with Crippen molar-refractivity contribution in [2.45, 2.75) is 256 Å². The van der Waals surface area contributed by atoms with Crippen molar-refractivity contribution in [1.29, 1.82) is 0 Å². The number of phosphoric acid groups is 1. The first kappa shape index (κ1) is 64.8. The van der Waals surface area contributed by atoms with Crippen LogP contribution in [0.5, 0.6) is 0 Å². The molecule has 6 N–H and O–H groups in total. The normalized spacial score (nSPS) is 21.6. The maximum Gasteiger partial charge on any atom is 0.472 e. The summed E-state index contributed by atoms with van der Waals surface area (Å²) in [6.07, 6.45) is 48.3. The van der Waals surface area contributed by atoms with Crippen molar-refractivity contribution in [2.75, 3.05) is 19.8 Å². The van der Waals surface area contributed by atoms with Crippen molar-refractivity contribution in [2.24, 2.45) is 0 Å². The van der Waals surface area contributed by atoms with E-state index in [-0.39, 0.29) is 13.0 Å². The van der Waals surface area contributed by atoms with E-state index < -0.39 is 63.1 Å². The number of aliphatic hydroxyl groups is 5. The Labute approximate surface area is 419 Å². The van der Waals surface area contributed by atoms with Crippen molar-refractivity contribution in [1.82, 2.24) is 0 Å². The van der Waals surface area contributed by atoms with E-state index in [9.17, 15) is 39.8 Å². The van der Waals surface area contributed by atoms with Gasteiger partial charge in [-0.1, -0.05) is 215 Å². The molecule has 1 saturated carbocycles. The highest BCUT2D eigenvalue weighted by Gasteiger charge is 2.51. The van der Waals surface area contributed by atoms with Crippen LogP contribution < -0.4 is 0 Å². The molecule has 0 spiro atoms. The van der Waals surface area contributed by atoms with Gasteiger partial charge in [0, 0.05) is 13.0 Å². The Kier molecular flexibility index (Phi) is 42.8. The lowest BCUT2D eigenvalue weighted by Crippen LogP contribution is -2.64. The lowest BCUT2D eigenvalue weighted by molar-refractivity contribution is -0.220. The zero-order valence-corrected chi connectivity index (χ0v) is 44.0. The van der Waals surface area contributed by atoms with Crippen molar-refractivity contribution in [3.8, 4) is 0 Å². The third-order valence-electron chi connectivity index (χ3n) is 12.3. The summed E-state index contributed by atoms with van der Waals surface area (Å²) in [7, 11) is -5.04. The molecule has 0 amide bonds. The van der Waals surface area contributed by atoms with E-state index in [1.54, 1.807) is 0 Å². The van der Waals surface area contributed by atoms with E-state index in [1.807, 2.05) is 0 Å². The van der Waals surface area contributed by atoms with Gasteiger partial charge >= 0.3 is 13.8 Å². The van der Waals surface area contributed by atoms with Crippen LogP contribution in [0.1, 0.15) is 213 Å². The van der Waals surface area contributed by atoms with Crippen LogP contribution in [0.15, 0.2) is 72.9 Å². The second-order valence-electron chi connectivity index (χ2n) is 18.7. The monoisotopic (exact) mass is 995 g/mol. The number of carbonyl (C=O) groups excluding carboxylic acids is 1. The average molecular weight is 995 g/mol. The van der Waals surface area contributed by atoms with E-state index in [4.69, 9.17) is 18.5 Å². The SMILES string of the molecule is CC/C=C\C/C=C\C/C=C\C/C=C\C/C=C\C/C=C\CCCCCOCC(COP(=O)(O)OC1C(O)C(O)C(O)C(O)C1O)OC(=O)CCCCCCCCCCCCCCCCCCCCCC. The molecule has 0 aromatic carbocycles. The van der Waals surface area contributed by atoms with Crippen molar-refractivity contribution in [3.63, 3.8) is 0 Å². The van der Waals surface area contributed by atoms with E-state index in [0.717, 1.165) is 83.5 Å². The minimum absolute atomic E-state index is 0.101. The summed E-state index contributed by atoms with van der Waals surface area (Å²) in [6.45, 7) is 4.10. The van der Waals surface area contributed by atoms with Crippen LogP contribution >= 0.6 is 7.82 Å². The van der Waals surface area contributed by atoms with Crippen molar-refractivity contribution in [3.05, 3.63) is 72.9 Å². The molecule has 0 heterocycles. The number of unbranched alkanes of at least 4 members (excludes halogenated alkanes) is 22. The maximum absolute atomic E-state index is 12.9. The summed E-state index contributed by atoms with van der Waals surface area (Å²) >= 11 is 0. The highest BCUT2D eigenvalue weighted by atomic mass is 31.2. The van der Waals surface area contributed by atoms with Crippen LogP contribution in [0.25, 0.3) is 0 Å². The van der Waals surface area contributed by atoms with Crippen LogP contribution in [0, 0.1) is 0 Å². The first-order valence-electron chi connectivity index (χ1n) is 27.3. The molecular weight excluding hydrogens is 896 g/mol. The van der Waals surface area contributed by atoms with Crippen LogP contribution in [-0.2, 0) is 27.9 Å². The fourth-order valence-corrected chi connectivity index (χ4v) is 9.04. The number of allylic oxidation sites excluding steroid dienone is 12. The standard InChI is InChI=1S/C56H99O12P/c1-3-5-7-9-11-13-15-17-19-21-23-25-26-28-30-32-34-36-38-40-42-44-46-65-47-49(48-66-69(63,64)68-56-54(61)52(59)51(58)53(60)55(56)62)67-50(57)45-43-41-39-37-35-33-31-29-27-24-22-20-18-16-14-12-10-8-6-4-2/h5,7,11,13,17,19,23,25,28,30,34,36,49,51-56,58-62H,3-4,6,8-10,12,14-16,18,20-22,24,26-27,29,31-33,35,37-48H2,1-2H3,(H,63,64)/b7-5-,13-11-,19-17-,25-23-,30-28-,36-34-. The Hall–Kier alpha value is -2.22. The fraction of sp³-hybridized carbons (Fsp3) is 0.768. The molecule has 0 radical (unpaired) electrons. The van der Waals surface area contributed by atoms with Gasteiger partial charge in [-0.15, -0.1) is 0 Å². The largest absolute Gasteiger partial charge is 0.472 e. The summed E-state index contributed by atoms with van der Waals surface area (Å²) in [6, 6.07) is 0. The molecule has 69 heavy (non-hydrogen) atoms. The van der Waals surface area contributed by atoms with Gasteiger partial charge in [0.05, 0.1) is 13.2 Å². The van der Waals surface area contributed by atoms with Gasteiger partial charge in [0.2, 0.25) is 0 Å². The molecule has 6 unspecified atom stereocenters. The summed E-state index contributed by atoms with van der Waals surface area (Å²) in [5.74, 6) is -0.488. The summed E-state index contributed by atoms with van der Waals surface area (Å²) in [5, 5.41) is 50.4. The van der Waals surface area contributed by atoms with Gasteiger partial charge in [0.25, 0.3) is 0 Å². The molecule has 0 bridgehead atoms. The molecule has 400 valence electrons. The van der Waals surface area contributed by atoms with E-state index in [0.29, 0.717) is 13.0 Å². The third kappa shape index (κ3) is 37.2. The number of phosphoric ester groups is 1. The quantitative estimate of drug-likeness (QED) is 0.0147. The van der Waals surface area contributed by atoms with Gasteiger partial charge in [0.15, 0.2) is 0 Å². The van der Waals surface area contributed by atoms with Gasteiger partial charge in [-0.2, -0.15) is 0 Å². The molecule has 1 fully saturated rings. The summed E-state index contributed by atoms with van der Waals surface area (Å²) in [4.78, 5) is 23.3. The topological polar surface area (TPSA) is 192 Å². The number of esters is 1. The number of carbonyl (C=O) groups is 1. The molecule has 1 aliphatic carbocycles. The lowest BCUT2D eigenvalue weighted by atomic mass is 9.85. The van der Waals surface area contributed by atoms with E-state index >= 15 is 0 Å². The zero-order valence-electron chi connectivity index (χ0n) is 43.1. The van der Waals surface area contributed by atoms with E-state index in [2.05, 4.69) is 86.8 Å². The maximum atomic E-state index is 12.9. The second kappa shape index (κ2) is 45.6. The highest BCUT2D eigenvalue weighted by molar-refractivity contribution is 7.47. The van der Waals surface area contributed by atoms with Gasteiger partial charge in [-0.3, -0.25) is 13.8 Å². The molecule has 1 rings (SSSR count). The summed E-state index contributed by atoms with van der Waals surface area (Å²) in [5.41, 5.74) is 0. The first-order chi connectivity index (χ1) is 33.5. The summed E-state index contributed by atoms with van der Waals surface area (Å²) < 4.78 is 34.3. The average Bonchev–Trinajstić information content (AvgIpc) is 3.34. The molecule has 0 aromatic heterocycles. The molecular formula is C56H99O12P. The second-order valence-corrected chi connectivity index (χ2v) is 20.1. The number of ether oxygens (including phenoxy) is 2. The number of hydrogen-bond donors (Lipinski definition) is 6. The first-order valence-corrected chi connectivity index (χ1v) is 28.8. The van der Waals surface area contributed by atoms with Crippen LogP contribution in [-0.4, -0.2) is 98.9 Å². The lowest BCUT2D eigenvalue weighted by Gasteiger charge is -2.41. The van der Waals surface area contributed by atoms with Gasteiger partial charge < -0.3 is 39.9 Å². The Morgan fingerprint density at radius 3 is 1.29 bits per heavy atom. The molecule has 6 atom stereocenters. The predicted octanol–water partition coefficient (Wildman–Crippen LogP) is 12.7. The Morgan fingerprint density at radius 2 is 0.855 bits per heavy atom. The van der Waals surface area contributed by atoms with Gasteiger partial charge in [-0.05, 0) is 64.2 Å². The molecule has 0 saturated heterocycles. The smallest absolute Gasteiger partial charge is 0.457 e. The van der Waals surface area contributed by atoms with Gasteiger partial charge in [-0.25, -0.2) is 4.57 Å². The Bertz CT molecular complexity index is 1410. The van der Waals surface area contributed by atoms with E-state index in [1.165, 1.54) is 103 Å². The minimum atomic E-state index is -5.04. The highest BCUT2D eigenvalue weighted by Crippen LogP contribution is 2.47. The minimum Gasteiger partial charge on any atom is -0.457 e. The molecule has 1 aliphatic rings. The predicted molar refractivity (Wildman–Crippen MR) is 281 cm³/mol. The van der Waals surface area contributed by atoms with Crippen LogP contribution in [0.4, 0.5) is 0 Å². The molecule has 12 nitrogen and oxygen atoms in total. The van der Waals surface area contributed by atoms with Crippen molar-refractivity contribution < 1.29 is 58.3 Å². The molecule has 0 aromatic rings. The van der Waals surface area contributed by atoms with Crippen molar-refractivity contribution >= 4 is 13.8 Å². The third-order valence-corrected chi connectivity index (χ3v) is 13.3. The molecule has 13 heteroatoms. The number of aliphatic hydroxyl groups excluding tert-OH is 5.